The molecule has 1 aliphatic rings. The summed E-state index contributed by atoms with van der Waals surface area (Å²) in [4.78, 5) is 17.6. The van der Waals surface area contributed by atoms with Gasteiger partial charge in [0.1, 0.15) is 0 Å². The molecule has 0 bridgehead atoms. The number of aromatic nitrogens is 1. The molecule has 0 aliphatic carbocycles. The number of carbonyl (C=O) groups excluding carboxylic acids is 1. The number of rotatable bonds is 14. The molecule has 206 valence electrons. The smallest absolute Gasteiger partial charge is 0.337 e. The van der Waals surface area contributed by atoms with Crippen LogP contribution in [0.1, 0.15) is 88.6 Å². The molecule has 4 heteroatoms. The second kappa shape index (κ2) is 15.7. The first-order chi connectivity index (χ1) is 18.9. The first-order valence-electron chi connectivity index (χ1n) is 14.3. The van der Waals surface area contributed by atoms with Gasteiger partial charge in [-0.2, -0.15) is 0 Å². The first kappa shape index (κ1) is 29.9. The van der Waals surface area contributed by atoms with E-state index in [4.69, 9.17) is 9.72 Å². The Morgan fingerprint density at radius 1 is 1.10 bits per heavy atom. The minimum Gasteiger partial charge on any atom is -0.462 e. The molecule has 0 spiro atoms. The number of hydrogen-bond acceptors (Lipinski definition) is 4. The summed E-state index contributed by atoms with van der Waals surface area (Å²) < 4.78 is 5.61. The third kappa shape index (κ3) is 9.24. The maximum absolute atomic E-state index is 12.8. The van der Waals surface area contributed by atoms with Crippen molar-refractivity contribution in [2.24, 2.45) is 0 Å². The van der Waals surface area contributed by atoms with E-state index in [9.17, 15) is 4.79 Å². The van der Waals surface area contributed by atoms with Gasteiger partial charge in [0.25, 0.3) is 0 Å². The van der Waals surface area contributed by atoms with Gasteiger partial charge in [-0.3, -0.25) is 4.98 Å². The van der Waals surface area contributed by atoms with Crippen molar-refractivity contribution in [3.05, 3.63) is 99.9 Å². The predicted octanol–water partition coefficient (Wildman–Crippen LogP) is 7.14. The molecule has 0 saturated carbocycles. The highest BCUT2D eigenvalue weighted by molar-refractivity contribution is 5.97. The fourth-order valence-electron chi connectivity index (χ4n) is 4.68. The summed E-state index contributed by atoms with van der Waals surface area (Å²) in [5, 5.41) is 5.15. The lowest BCUT2D eigenvalue weighted by molar-refractivity contribution is -0.138. The molecule has 1 aromatic carbocycles. The molecule has 0 saturated heterocycles. The van der Waals surface area contributed by atoms with Crippen LogP contribution in [-0.4, -0.2) is 17.6 Å². The van der Waals surface area contributed by atoms with Crippen LogP contribution in [0.3, 0.4) is 0 Å². The average molecular weight is 525 g/mol. The Balaban J connectivity index is 1.66. The summed E-state index contributed by atoms with van der Waals surface area (Å²) in [7, 11) is 0. The standard InChI is InChI=1S/C35H44N2O2/c1-6-8-9-10-15-26(3)16-11-12-23-39-35(38)29(7-2)24-31-25-30(21-20-27(31)4)32-18-14-22-36-34(32)33-19-13-17-28(5)37-33/h7,13-14,17,19-22,24-25,36H,3-4,6,8-12,15-16,18,23H2,1-2,5H3/b29-7+,31-24-. The van der Waals surface area contributed by atoms with E-state index < -0.39 is 0 Å². The number of pyridine rings is 1. The fourth-order valence-corrected chi connectivity index (χ4v) is 4.68. The molecule has 1 N–H and O–H groups in total. The number of nitrogens with zero attached hydrogens (tertiary/aromatic N) is 1. The van der Waals surface area contributed by atoms with Crippen molar-refractivity contribution in [1.29, 1.82) is 0 Å². The summed E-state index contributed by atoms with van der Waals surface area (Å²) in [5.41, 5.74) is 6.96. The number of dihydropyridines is 1. The quantitative estimate of drug-likeness (QED) is 0.123. The summed E-state index contributed by atoms with van der Waals surface area (Å²) >= 11 is 0. The Morgan fingerprint density at radius 3 is 2.64 bits per heavy atom. The lowest BCUT2D eigenvalue weighted by atomic mass is 9.95. The predicted molar refractivity (Wildman–Crippen MR) is 165 cm³/mol. The zero-order chi connectivity index (χ0) is 28.0. The highest BCUT2D eigenvalue weighted by Gasteiger charge is 2.15. The van der Waals surface area contributed by atoms with Gasteiger partial charge in [-0.15, -0.1) is 0 Å². The van der Waals surface area contributed by atoms with Crippen molar-refractivity contribution in [3.63, 3.8) is 0 Å². The third-order valence-electron chi connectivity index (χ3n) is 7.01. The van der Waals surface area contributed by atoms with Crippen molar-refractivity contribution >= 4 is 29.9 Å². The van der Waals surface area contributed by atoms with Crippen LogP contribution in [0.25, 0.3) is 23.9 Å². The number of esters is 1. The van der Waals surface area contributed by atoms with Crippen molar-refractivity contribution in [3.8, 4) is 0 Å². The molecule has 0 radical (unpaired) electrons. The van der Waals surface area contributed by atoms with Crippen LogP contribution in [0, 0.1) is 6.92 Å². The van der Waals surface area contributed by atoms with Crippen molar-refractivity contribution < 1.29 is 9.53 Å². The molecule has 4 nitrogen and oxygen atoms in total. The van der Waals surface area contributed by atoms with Gasteiger partial charge in [0, 0.05) is 5.69 Å². The highest BCUT2D eigenvalue weighted by atomic mass is 16.5. The summed E-state index contributed by atoms with van der Waals surface area (Å²) in [6.07, 6.45) is 17.6. The second-order valence-electron chi connectivity index (χ2n) is 10.2. The van der Waals surface area contributed by atoms with E-state index in [1.807, 2.05) is 50.4 Å². The number of hydrogen-bond donors (Lipinski definition) is 1. The third-order valence-corrected chi connectivity index (χ3v) is 7.01. The molecule has 39 heavy (non-hydrogen) atoms. The highest BCUT2D eigenvalue weighted by Crippen LogP contribution is 2.28. The number of aryl methyl sites for hydroxylation is 1. The Labute approximate surface area is 234 Å². The number of carbonyl (C=O) groups is 1. The molecule has 3 rings (SSSR count). The van der Waals surface area contributed by atoms with Crippen molar-refractivity contribution in [2.45, 2.75) is 78.6 Å². The van der Waals surface area contributed by atoms with E-state index in [-0.39, 0.29) is 5.97 Å². The molecule has 0 unspecified atom stereocenters. The number of ether oxygens (including phenoxy) is 1. The van der Waals surface area contributed by atoms with E-state index in [0.717, 1.165) is 70.8 Å². The van der Waals surface area contributed by atoms with Gasteiger partial charge in [0.15, 0.2) is 0 Å². The fraction of sp³-hybridized carbons (Fsp3) is 0.371. The Hall–Kier alpha value is -3.66. The summed E-state index contributed by atoms with van der Waals surface area (Å²) in [5.74, 6) is -0.299. The normalized spacial score (nSPS) is 13.9. The van der Waals surface area contributed by atoms with Gasteiger partial charge in [0.2, 0.25) is 0 Å². The Bertz CT molecular complexity index is 1350. The van der Waals surface area contributed by atoms with Gasteiger partial charge in [-0.1, -0.05) is 75.3 Å². The minimum absolute atomic E-state index is 0.299. The zero-order valence-electron chi connectivity index (χ0n) is 24.0. The second-order valence-corrected chi connectivity index (χ2v) is 10.2. The van der Waals surface area contributed by atoms with E-state index >= 15 is 0 Å². The molecule has 2 heterocycles. The maximum Gasteiger partial charge on any atom is 0.337 e. The molecule has 1 aromatic heterocycles. The van der Waals surface area contributed by atoms with Crippen LogP contribution < -0.4 is 15.8 Å². The van der Waals surface area contributed by atoms with Crippen molar-refractivity contribution in [1.82, 2.24) is 10.3 Å². The van der Waals surface area contributed by atoms with Crippen molar-refractivity contribution in [2.75, 3.05) is 6.61 Å². The van der Waals surface area contributed by atoms with Gasteiger partial charge in [-0.05, 0) is 104 Å². The van der Waals surface area contributed by atoms with Crippen LogP contribution in [0.5, 0.6) is 0 Å². The van der Waals surface area contributed by atoms with E-state index in [1.54, 1.807) is 6.08 Å². The van der Waals surface area contributed by atoms with E-state index in [0.29, 0.717) is 12.2 Å². The first-order valence-corrected chi connectivity index (χ1v) is 14.3. The number of nitrogens with one attached hydrogen (secondary N) is 1. The average Bonchev–Trinajstić information content (AvgIpc) is 2.94. The van der Waals surface area contributed by atoms with E-state index in [1.165, 1.54) is 31.3 Å². The minimum atomic E-state index is -0.299. The Morgan fingerprint density at radius 2 is 1.90 bits per heavy atom. The van der Waals surface area contributed by atoms with E-state index in [2.05, 4.69) is 43.6 Å². The van der Waals surface area contributed by atoms with Gasteiger partial charge < -0.3 is 10.1 Å². The molecular weight excluding hydrogens is 480 g/mol. The topological polar surface area (TPSA) is 51.2 Å². The number of benzene rings is 1. The lowest BCUT2D eigenvalue weighted by Crippen LogP contribution is -2.25. The molecule has 0 fully saturated rings. The SMILES string of the molecule is C=C(CCCCCC)CCCCOC(=O)C(/C=c1/cc(C2=C(c3cccc(C)n3)NC=CC2)ccc1=C)=C/C. The van der Waals surface area contributed by atoms with Gasteiger partial charge in [-0.25, -0.2) is 4.79 Å². The molecule has 0 atom stereocenters. The lowest BCUT2D eigenvalue weighted by Gasteiger charge is -2.18. The van der Waals surface area contributed by atoms with Gasteiger partial charge >= 0.3 is 5.97 Å². The van der Waals surface area contributed by atoms with Crippen LogP contribution in [0.15, 0.2) is 72.5 Å². The monoisotopic (exact) mass is 524 g/mol. The zero-order valence-corrected chi connectivity index (χ0v) is 24.0. The number of allylic oxidation sites excluding steroid dienone is 4. The largest absolute Gasteiger partial charge is 0.462 e. The summed E-state index contributed by atoms with van der Waals surface area (Å²) in [6.45, 7) is 14.9. The molecule has 1 aliphatic heterocycles. The van der Waals surface area contributed by atoms with Gasteiger partial charge in [0.05, 0.1) is 23.6 Å². The summed E-state index contributed by atoms with van der Waals surface area (Å²) in [6, 6.07) is 12.2. The Kier molecular flexibility index (Phi) is 12.0. The van der Waals surface area contributed by atoms with Crippen LogP contribution in [0.2, 0.25) is 0 Å². The van der Waals surface area contributed by atoms with Crippen LogP contribution in [-0.2, 0) is 9.53 Å². The molecular formula is C35H44N2O2. The number of unbranched alkanes of at least 4 members (excludes halogenated alkanes) is 4. The molecule has 2 aromatic rings. The van der Waals surface area contributed by atoms with Crippen LogP contribution in [0.4, 0.5) is 0 Å². The van der Waals surface area contributed by atoms with Crippen LogP contribution >= 0.6 is 0 Å². The maximum atomic E-state index is 12.8. The molecule has 0 amide bonds.